The number of fused-ring (bicyclic) bond motifs is 2. The fraction of sp³-hybridized carbons (Fsp3) is 0.229. The molecule has 1 aliphatic heterocycles. The van der Waals surface area contributed by atoms with E-state index in [1.165, 1.54) is 0 Å². The predicted molar refractivity (Wildman–Crippen MR) is 171 cm³/mol. The standard InChI is InChI=1S/C35H36FN5O2/c1-3-23-19-29(33(36)32(20-23)43-4-2)35(39-26-13-14-28-25(21-26)15-16-38-34(28)37)41-22-30-27(24-9-6-5-7-10-24)11-8-12-31(30)40(41)17-18-42/h5-16,19-21,35,39,42H,3-4,17-18,22H2,1-2H3,(H2,37,38). The number of nitrogen functional groups attached to an aromatic ring is 1. The highest BCUT2D eigenvalue weighted by Crippen LogP contribution is 2.43. The van der Waals surface area contributed by atoms with Crippen molar-refractivity contribution < 1.29 is 14.2 Å². The van der Waals surface area contributed by atoms with Crippen LogP contribution in [0.3, 0.4) is 0 Å². The number of β-amino-alcohol motifs (C(OH)–C–C–N with tert-alkyl or cyclic N) is 1. The summed E-state index contributed by atoms with van der Waals surface area (Å²) in [5.74, 6) is 0.284. The zero-order chi connectivity index (χ0) is 29.9. The van der Waals surface area contributed by atoms with Gasteiger partial charge in [0.25, 0.3) is 0 Å². The van der Waals surface area contributed by atoms with E-state index < -0.39 is 12.0 Å². The molecule has 8 heteroatoms. The number of hydrazine groups is 1. The molecule has 1 aliphatic rings. The minimum Gasteiger partial charge on any atom is -0.491 e. The second kappa shape index (κ2) is 12.3. The lowest BCUT2D eigenvalue weighted by Crippen LogP contribution is -2.45. The number of nitrogens with two attached hydrogens (primary N) is 1. The van der Waals surface area contributed by atoms with E-state index in [-0.39, 0.29) is 12.4 Å². The fourth-order valence-electron chi connectivity index (χ4n) is 5.93. The maximum Gasteiger partial charge on any atom is 0.171 e. The summed E-state index contributed by atoms with van der Waals surface area (Å²) in [6.45, 7) is 5.04. The van der Waals surface area contributed by atoms with Crippen molar-refractivity contribution in [2.75, 3.05) is 35.8 Å². The molecule has 0 radical (unpaired) electrons. The fourth-order valence-corrected chi connectivity index (χ4v) is 5.93. The Kier molecular flexibility index (Phi) is 8.13. The van der Waals surface area contributed by atoms with Crippen molar-refractivity contribution in [3.8, 4) is 16.9 Å². The van der Waals surface area contributed by atoms with Crippen LogP contribution in [0, 0.1) is 5.82 Å². The number of aliphatic hydroxyl groups is 1. The van der Waals surface area contributed by atoms with E-state index in [4.69, 9.17) is 10.5 Å². The Morgan fingerprint density at radius 1 is 1.02 bits per heavy atom. The highest BCUT2D eigenvalue weighted by molar-refractivity contribution is 5.93. The molecule has 0 fully saturated rings. The minimum absolute atomic E-state index is 0.0673. The summed E-state index contributed by atoms with van der Waals surface area (Å²) in [4.78, 5) is 4.21. The zero-order valence-electron chi connectivity index (χ0n) is 24.4. The largest absolute Gasteiger partial charge is 0.491 e. The monoisotopic (exact) mass is 577 g/mol. The highest BCUT2D eigenvalue weighted by Gasteiger charge is 2.37. The number of aryl methyl sites for hydroxylation is 1. The number of nitrogens with zero attached hydrogens (tertiary/aromatic N) is 3. The second-order valence-corrected chi connectivity index (χ2v) is 10.6. The van der Waals surface area contributed by atoms with E-state index in [9.17, 15) is 5.11 Å². The number of ether oxygens (including phenoxy) is 1. The van der Waals surface area contributed by atoms with Crippen molar-refractivity contribution in [1.82, 2.24) is 9.99 Å². The molecule has 0 aliphatic carbocycles. The molecular weight excluding hydrogens is 541 g/mol. The molecule has 1 atom stereocenters. The molecule has 2 heterocycles. The van der Waals surface area contributed by atoms with Gasteiger partial charge in [0.2, 0.25) is 0 Å². The number of rotatable bonds is 10. The van der Waals surface area contributed by atoms with Crippen LogP contribution in [-0.4, -0.2) is 34.9 Å². The number of aromatic nitrogens is 1. The number of pyridine rings is 1. The van der Waals surface area contributed by atoms with Crippen LogP contribution in [0.5, 0.6) is 5.75 Å². The molecule has 1 unspecified atom stereocenters. The van der Waals surface area contributed by atoms with Gasteiger partial charge in [0.15, 0.2) is 11.6 Å². The van der Waals surface area contributed by atoms with Gasteiger partial charge in [0.1, 0.15) is 12.0 Å². The van der Waals surface area contributed by atoms with Gasteiger partial charge < -0.3 is 25.9 Å². The van der Waals surface area contributed by atoms with Gasteiger partial charge in [-0.3, -0.25) is 0 Å². The average molecular weight is 578 g/mol. The Morgan fingerprint density at radius 3 is 2.63 bits per heavy atom. The number of nitrogens with one attached hydrogen (secondary N) is 1. The molecule has 1 aromatic heterocycles. The van der Waals surface area contributed by atoms with Gasteiger partial charge in [-0.15, -0.1) is 0 Å². The summed E-state index contributed by atoms with van der Waals surface area (Å²) < 4.78 is 22.2. The smallest absolute Gasteiger partial charge is 0.171 e. The van der Waals surface area contributed by atoms with Gasteiger partial charge in [-0.2, -0.15) is 5.01 Å². The van der Waals surface area contributed by atoms with E-state index in [1.807, 2.05) is 68.4 Å². The second-order valence-electron chi connectivity index (χ2n) is 10.6. The lowest BCUT2D eigenvalue weighted by atomic mass is 9.98. The molecular formula is C35H36FN5O2. The maximum atomic E-state index is 16.4. The van der Waals surface area contributed by atoms with Crippen molar-refractivity contribution in [2.24, 2.45) is 0 Å². The predicted octanol–water partition coefficient (Wildman–Crippen LogP) is 6.92. The van der Waals surface area contributed by atoms with E-state index >= 15 is 4.39 Å². The third kappa shape index (κ3) is 5.47. The molecule has 4 aromatic carbocycles. The van der Waals surface area contributed by atoms with Gasteiger partial charge in [-0.25, -0.2) is 9.37 Å². The summed E-state index contributed by atoms with van der Waals surface area (Å²) in [7, 11) is 0. The molecule has 0 amide bonds. The Balaban J connectivity index is 1.50. The number of anilines is 3. The minimum atomic E-state index is -0.634. The van der Waals surface area contributed by atoms with Crippen LogP contribution in [0.1, 0.15) is 36.7 Å². The molecule has 0 saturated carbocycles. The van der Waals surface area contributed by atoms with Crippen LogP contribution in [0.4, 0.5) is 21.6 Å². The number of hydrogen-bond acceptors (Lipinski definition) is 7. The van der Waals surface area contributed by atoms with E-state index in [0.29, 0.717) is 31.1 Å². The molecule has 0 spiro atoms. The van der Waals surface area contributed by atoms with Crippen molar-refractivity contribution in [1.29, 1.82) is 0 Å². The van der Waals surface area contributed by atoms with E-state index in [0.717, 1.165) is 50.8 Å². The summed E-state index contributed by atoms with van der Waals surface area (Å²) in [6.07, 6.45) is 1.77. The lowest BCUT2D eigenvalue weighted by molar-refractivity contribution is 0.181. The Morgan fingerprint density at radius 2 is 1.86 bits per heavy atom. The number of benzene rings is 4. The van der Waals surface area contributed by atoms with Gasteiger partial charge in [0.05, 0.1) is 25.4 Å². The van der Waals surface area contributed by atoms with Gasteiger partial charge in [-0.1, -0.05) is 49.4 Å². The molecule has 4 N–H and O–H groups in total. The maximum absolute atomic E-state index is 16.4. The first-order chi connectivity index (χ1) is 21.0. The van der Waals surface area contributed by atoms with Gasteiger partial charge in [-0.05, 0) is 77.9 Å². The highest BCUT2D eigenvalue weighted by atomic mass is 19.1. The first-order valence-electron chi connectivity index (χ1n) is 14.7. The van der Waals surface area contributed by atoms with Crippen molar-refractivity contribution in [2.45, 2.75) is 33.0 Å². The SMILES string of the molecule is CCOc1cc(CC)cc(C(Nc2ccc3c(N)nccc3c2)N2Cc3c(-c4ccccc4)cccc3N2CCO)c1F. The molecule has 5 aromatic rings. The Labute approximate surface area is 251 Å². The van der Waals surface area contributed by atoms with Gasteiger partial charge >= 0.3 is 0 Å². The quantitative estimate of drug-likeness (QED) is 0.166. The summed E-state index contributed by atoms with van der Waals surface area (Å²) >= 11 is 0. The van der Waals surface area contributed by atoms with Crippen LogP contribution < -0.4 is 20.8 Å². The normalized spacial score (nSPS) is 13.7. The third-order valence-corrected chi connectivity index (χ3v) is 7.98. The number of aliphatic hydroxyl groups excluding tert-OH is 1. The summed E-state index contributed by atoms with van der Waals surface area (Å²) in [5.41, 5.74) is 12.7. The van der Waals surface area contributed by atoms with Crippen LogP contribution in [0.2, 0.25) is 0 Å². The molecule has 0 saturated heterocycles. The van der Waals surface area contributed by atoms with Crippen molar-refractivity contribution in [3.05, 3.63) is 114 Å². The zero-order valence-corrected chi connectivity index (χ0v) is 24.4. The first kappa shape index (κ1) is 28.5. The third-order valence-electron chi connectivity index (χ3n) is 7.98. The Bertz CT molecular complexity index is 1750. The number of halogens is 1. The van der Waals surface area contributed by atoms with Crippen LogP contribution in [0.25, 0.3) is 21.9 Å². The van der Waals surface area contributed by atoms with E-state index in [1.54, 1.807) is 12.3 Å². The molecule has 220 valence electrons. The van der Waals surface area contributed by atoms with Gasteiger partial charge in [0, 0.05) is 34.9 Å². The average Bonchev–Trinajstić information content (AvgIpc) is 3.40. The lowest BCUT2D eigenvalue weighted by Gasteiger charge is -2.38. The molecule has 0 bridgehead atoms. The summed E-state index contributed by atoms with van der Waals surface area (Å²) in [5, 5.41) is 19.8. The molecule has 7 nitrogen and oxygen atoms in total. The molecule has 43 heavy (non-hydrogen) atoms. The Hall–Kier alpha value is -4.66. The van der Waals surface area contributed by atoms with E-state index in [2.05, 4.69) is 44.6 Å². The summed E-state index contributed by atoms with van der Waals surface area (Å²) in [6, 6.07) is 27.9. The molecule has 6 rings (SSSR count). The van der Waals surface area contributed by atoms with Crippen molar-refractivity contribution >= 4 is 28.0 Å². The topological polar surface area (TPSA) is 86.9 Å². The van der Waals surface area contributed by atoms with Crippen molar-refractivity contribution in [3.63, 3.8) is 0 Å². The first-order valence-corrected chi connectivity index (χ1v) is 14.7. The van der Waals surface area contributed by atoms with Crippen LogP contribution in [-0.2, 0) is 13.0 Å². The van der Waals surface area contributed by atoms with Crippen LogP contribution >= 0.6 is 0 Å². The van der Waals surface area contributed by atoms with Crippen LogP contribution in [0.15, 0.2) is 91.1 Å². The number of hydrogen-bond donors (Lipinski definition) is 3.